The number of nitrogen functional groups attached to an aromatic ring is 1. The summed E-state index contributed by atoms with van der Waals surface area (Å²) in [5.41, 5.74) is 9.80. The average Bonchev–Trinajstić information content (AvgIpc) is 3.05. The minimum atomic E-state index is 0.394. The van der Waals surface area contributed by atoms with Gasteiger partial charge in [-0.3, -0.25) is 0 Å². The van der Waals surface area contributed by atoms with Crippen LogP contribution in [0.15, 0.2) is 24.4 Å². The Morgan fingerprint density at radius 2 is 2.12 bits per heavy atom. The molecule has 26 heavy (non-hydrogen) atoms. The number of hydrogen-bond donors (Lipinski definition) is 2. The highest BCUT2D eigenvalue weighted by Crippen LogP contribution is 2.27. The highest BCUT2D eigenvalue weighted by Gasteiger charge is 2.23. The molecule has 3 aromatic rings. The molecule has 2 aromatic heterocycles. The highest BCUT2D eigenvalue weighted by atomic mass is 15.3. The van der Waals surface area contributed by atoms with Gasteiger partial charge < -0.3 is 20.5 Å². The summed E-state index contributed by atoms with van der Waals surface area (Å²) in [7, 11) is 4.26. The summed E-state index contributed by atoms with van der Waals surface area (Å²) < 4.78 is 0. The van der Waals surface area contributed by atoms with Gasteiger partial charge in [0, 0.05) is 19.1 Å². The number of benzene rings is 1. The molecule has 7 heteroatoms. The lowest BCUT2D eigenvalue weighted by Gasteiger charge is -2.36. The third-order valence-electron chi connectivity index (χ3n) is 5.10. The lowest BCUT2D eigenvalue weighted by Crippen LogP contribution is -2.45. The quantitative estimate of drug-likeness (QED) is 0.754. The summed E-state index contributed by atoms with van der Waals surface area (Å²) in [6, 6.07) is 6.66. The molecular weight excluding hydrogens is 326 g/mol. The molecule has 4 rings (SSSR count). The van der Waals surface area contributed by atoms with Crippen LogP contribution in [0.4, 0.5) is 11.6 Å². The van der Waals surface area contributed by atoms with E-state index in [1.165, 1.54) is 12.0 Å². The first-order valence-electron chi connectivity index (χ1n) is 9.02. The van der Waals surface area contributed by atoms with Gasteiger partial charge in [-0.1, -0.05) is 6.07 Å². The molecule has 0 bridgehead atoms. The van der Waals surface area contributed by atoms with Crippen molar-refractivity contribution in [1.82, 2.24) is 24.8 Å². The highest BCUT2D eigenvalue weighted by molar-refractivity contribution is 5.81. The maximum atomic E-state index is 6.12. The number of likely N-dealkylation sites (N-methyl/N-ethyl adjacent to an activating group) is 1. The van der Waals surface area contributed by atoms with Crippen molar-refractivity contribution in [3.05, 3.63) is 30.0 Å². The third kappa shape index (κ3) is 3.10. The van der Waals surface area contributed by atoms with E-state index in [0.717, 1.165) is 36.4 Å². The normalized spacial score (nSPS) is 18.0. The smallest absolute Gasteiger partial charge is 0.161 e. The van der Waals surface area contributed by atoms with Gasteiger partial charge in [-0.25, -0.2) is 15.0 Å². The Kier molecular flexibility index (Phi) is 4.24. The van der Waals surface area contributed by atoms with Gasteiger partial charge in [-0.2, -0.15) is 0 Å². The molecule has 1 fully saturated rings. The lowest BCUT2D eigenvalue weighted by atomic mass is 10.1. The van der Waals surface area contributed by atoms with Crippen molar-refractivity contribution in [1.29, 1.82) is 0 Å². The number of nitrogens with one attached hydrogen (secondary N) is 1. The van der Waals surface area contributed by atoms with Crippen molar-refractivity contribution in [3.8, 4) is 11.5 Å². The molecular formula is C19H25N7. The first-order chi connectivity index (χ1) is 12.5. The van der Waals surface area contributed by atoms with Gasteiger partial charge in [0.05, 0.1) is 17.2 Å². The zero-order valence-electron chi connectivity index (χ0n) is 15.5. The van der Waals surface area contributed by atoms with E-state index >= 15 is 0 Å². The van der Waals surface area contributed by atoms with Crippen molar-refractivity contribution in [2.24, 2.45) is 0 Å². The second-order valence-electron chi connectivity index (χ2n) is 7.27. The Bertz CT molecular complexity index is 931. The molecule has 7 nitrogen and oxygen atoms in total. The van der Waals surface area contributed by atoms with Gasteiger partial charge in [-0.15, -0.1) is 0 Å². The van der Waals surface area contributed by atoms with Crippen molar-refractivity contribution in [2.45, 2.75) is 25.8 Å². The van der Waals surface area contributed by atoms with E-state index in [1.807, 2.05) is 12.1 Å². The summed E-state index contributed by atoms with van der Waals surface area (Å²) in [5.74, 6) is 1.92. The van der Waals surface area contributed by atoms with Crippen LogP contribution in [0.2, 0.25) is 0 Å². The number of aromatic nitrogens is 4. The van der Waals surface area contributed by atoms with E-state index in [4.69, 9.17) is 10.7 Å². The second-order valence-corrected chi connectivity index (χ2v) is 7.27. The molecule has 136 valence electrons. The van der Waals surface area contributed by atoms with Crippen LogP contribution < -0.4 is 10.6 Å². The Morgan fingerprint density at radius 3 is 2.92 bits per heavy atom. The van der Waals surface area contributed by atoms with Crippen molar-refractivity contribution < 1.29 is 0 Å². The Balaban J connectivity index is 1.69. The zero-order valence-corrected chi connectivity index (χ0v) is 15.5. The van der Waals surface area contributed by atoms with Crippen LogP contribution in [0.5, 0.6) is 0 Å². The minimum Gasteiger partial charge on any atom is -0.382 e. The SMILES string of the molecule is Cc1ccc2nc(-c3nc(N4CCCC(N(C)C)C4)cnc3N)[nH]c2c1. The molecule has 0 saturated carbocycles. The predicted molar refractivity (Wildman–Crippen MR) is 105 cm³/mol. The van der Waals surface area contributed by atoms with Gasteiger partial charge in [0.1, 0.15) is 5.82 Å². The van der Waals surface area contributed by atoms with Gasteiger partial charge in [-0.05, 0) is 51.6 Å². The number of anilines is 2. The van der Waals surface area contributed by atoms with Crippen LogP contribution in [-0.4, -0.2) is 58.1 Å². The molecule has 1 aromatic carbocycles. The molecule has 1 aliphatic rings. The Hall–Kier alpha value is -2.67. The fourth-order valence-electron chi connectivity index (χ4n) is 3.54. The van der Waals surface area contributed by atoms with Crippen LogP contribution >= 0.6 is 0 Å². The van der Waals surface area contributed by atoms with Crippen LogP contribution in [0.25, 0.3) is 22.6 Å². The number of rotatable bonds is 3. The summed E-state index contributed by atoms with van der Waals surface area (Å²) in [6.45, 7) is 4.00. The Morgan fingerprint density at radius 1 is 1.27 bits per heavy atom. The van der Waals surface area contributed by atoms with E-state index in [9.17, 15) is 0 Å². The standard InChI is InChI=1S/C19H25N7/c1-12-6-7-14-15(9-12)23-19(22-14)17-18(20)21-10-16(24-17)26-8-4-5-13(11-26)25(2)3/h6-7,9-10,13H,4-5,8,11H2,1-3H3,(H2,20,21)(H,22,23). The van der Waals surface area contributed by atoms with E-state index in [2.05, 4.69) is 51.8 Å². The number of H-pyrrole nitrogens is 1. The molecule has 1 unspecified atom stereocenters. The average molecular weight is 351 g/mol. The van der Waals surface area contributed by atoms with Crippen molar-refractivity contribution in [2.75, 3.05) is 37.8 Å². The van der Waals surface area contributed by atoms with Crippen molar-refractivity contribution in [3.63, 3.8) is 0 Å². The van der Waals surface area contributed by atoms with E-state index in [0.29, 0.717) is 23.4 Å². The molecule has 1 atom stereocenters. The van der Waals surface area contributed by atoms with E-state index in [-0.39, 0.29) is 0 Å². The van der Waals surface area contributed by atoms with E-state index in [1.54, 1.807) is 6.20 Å². The summed E-state index contributed by atoms with van der Waals surface area (Å²) >= 11 is 0. The maximum Gasteiger partial charge on any atom is 0.161 e. The number of nitrogens with zero attached hydrogens (tertiary/aromatic N) is 5. The number of piperidine rings is 1. The van der Waals surface area contributed by atoms with Crippen molar-refractivity contribution >= 4 is 22.7 Å². The van der Waals surface area contributed by atoms with Crippen LogP contribution in [-0.2, 0) is 0 Å². The number of aryl methyl sites for hydroxylation is 1. The second kappa shape index (κ2) is 6.57. The molecule has 0 radical (unpaired) electrons. The molecule has 0 amide bonds. The largest absolute Gasteiger partial charge is 0.382 e. The van der Waals surface area contributed by atoms with Gasteiger partial charge in [0.15, 0.2) is 17.3 Å². The maximum absolute atomic E-state index is 6.12. The first-order valence-corrected chi connectivity index (χ1v) is 9.02. The summed E-state index contributed by atoms with van der Waals surface area (Å²) in [6.07, 6.45) is 4.12. The lowest BCUT2D eigenvalue weighted by molar-refractivity contribution is 0.257. The predicted octanol–water partition coefficient (Wildman–Crippen LogP) is 2.44. The monoisotopic (exact) mass is 351 g/mol. The molecule has 1 saturated heterocycles. The van der Waals surface area contributed by atoms with Gasteiger partial charge >= 0.3 is 0 Å². The number of hydrogen-bond acceptors (Lipinski definition) is 6. The fourth-order valence-corrected chi connectivity index (χ4v) is 3.54. The topological polar surface area (TPSA) is 87.0 Å². The molecule has 3 N–H and O–H groups in total. The molecule has 0 spiro atoms. The molecule has 3 heterocycles. The zero-order chi connectivity index (χ0) is 18.3. The van der Waals surface area contributed by atoms with Gasteiger partial charge in [0.25, 0.3) is 0 Å². The number of fused-ring (bicyclic) bond motifs is 1. The third-order valence-corrected chi connectivity index (χ3v) is 5.10. The molecule has 1 aliphatic heterocycles. The number of nitrogens with two attached hydrogens (primary N) is 1. The first kappa shape index (κ1) is 16.8. The Labute approximate surface area is 153 Å². The summed E-state index contributed by atoms with van der Waals surface area (Å²) in [5, 5.41) is 0. The van der Waals surface area contributed by atoms with Crippen LogP contribution in [0.1, 0.15) is 18.4 Å². The summed E-state index contributed by atoms with van der Waals surface area (Å²) in [4.78, 5) is 21.7. The van der Waals surface area contributed by atoms with E-state index < -0.39 is 0 Å². The van der Waals surface area contributed by atoms with Crippen LogP contribution in [0, 0.1) is 6.92 Å². The fraction of sp³-hybridized carbons (Fsp3) is 0.421. The number of imidazole rings is 1. The van der Waals surface area contributed by atoms with Crippen LogP contribution in [0.3, 0.4) is 0 Å². The molecule has 0 aliphatic carbocycles. The minimum absolute atomic E-state index is 0.394. The number of aromatic amines is 1. The van der Waals surface area contributed by atoms with Gasteiger partial charge in [0.2, 0.25) is 0 Å².